The van der Waals surface area contributed by atoms with E-state index < -0.39 is 5.60 Å². The molecule has 1 N–H and O–H groups in total. The number of Topliss-reactive ketones (excluding diaryl/α,β-unsaturated/α-hetero) is 1. The van der Waals surface area contributed by atoms with Crippen molar-refractivity contribution in [2.45, 2.75) is 59.4 Å². The molecule has 0 rings (SSSR count). The van der Waals surface area contributed by atoms with E-state index in [2.05, 4.69) is 5.32 Å². The minimum Gasteiger partial charge on any atom is -0.385 e. The number of allylic oxidation sites excluding steroid dienone is 1. The van der Waals surface area contributed by atoms with Crippen molar-refractivity contribution in [1.82, 2.24) is 5.32 Å². The Morgan fingerprint density at radius 1 is 1.50 bits per heavy atom. The highest BCUT2D eigenvalue weighted by molar-refractivity contribution is 5.75. The molecular weight excluding hydrogens is 256 g/mol. The fourth-order valence-corrected chi connectivity index (χ4v) is 1.81. The van der Waals surface area contributed by atoms with Crippen LogP contribution in [0.2, 0.25) is 0 Å². The van der Waals surface area contributed by atoms with E-state index in [-0.39, 0.29) is 12.1 Å². The van der Waals surface area contributed by atoms with Crippen molar-refractivity contribution in [3.05, 3.63) is 11.8 Å². The summed E-state index contributed by atoms with van der Waals surface area (Å²) in [7, 11) is 0. The summed E-state index contributed by atoms with van der Waals surface area (Å²) in [6, 6.07) is 2.02. The number of nitrogens with zero attached hydrogens (tertiary/aromatic N) is 1. The summed E-state index contributed by atoms with van der Waals surface area (Å²) < 4.78 is 11.2. The van der Waals surface area contributed by atoms with Crippen LogP contribution in [0.25, 0.3) is 0 Å². The Morgan fingerprint density at radius 3 is 2.65 bits per heavy atom. The molecule has 0 aliphatic heterocycles. The van der Waals surface area contributed by atoms with Crippen LogP contribution in [0.5, 0.6) is 0 Å². The number of ketones is 1. The Balaban J connectivity index is 4.53. The Bertz CT molecular complexity index is 370. The lowest BCUT2D eigenvalue weighted by atomic mass is 10.0. The number of rotatable bonds is 10. The molecule has 0 aliphatic carbocycles. The first-order valence-corrected chi connectivity index (χ1v) is 6.96. The van der Waals surface area contributed by atoms with Crippen molar-refractivity contribution < 1.29 is 14.3 Å². The second kappa shape index (κ2) is 9.51. The molecule has 0 saturated carbocycles. The highest BCUT2D eigenvalue weighted by Gasteiger charge is 2.26. The van der Waals surface area contributed by atoms with Gasteiger partial charge in [-0.15, -0.1) is 0 Å². The maximum atomic E-state index is 10.9. The van der Waals surface area contributed by atoms with E-state index in [1.807, 2.05) is 33.8 Å². The van der Waals surface area contributed by atoms with Gasteiger partial charge in [-0.3, -0.25) is 0 Å². The maximum Gasteiger partial charge on any atom is 0.156 e. The lowest BCUT2D eigenvalue weighted by molar-refractivity contribution is -0.177. The highest BCUT2D eigenvalue weighted by atomic mass is 16.7. The molecule has 5 nitrogen and oxygen atoms in total. The standard InChI is InChI=1S/C15H26N2O3/c1-6-19-13(3)20-15(4,5)14(9-10-16)17-11-7-8-12(2)18/h9,13,17H,6-8,11H2,1-5H3. The summed E-state index contributed by atoms with van der Waals surface area (Å²) in [5, 5.41) is 12.0. The van der Waals surface area contributed by atoms with Crippen molar-refractivity contribution in [2.24, 2.45) is 0 Å². The van der Waals surface area contributed by atoms with Crippen molar-refractivity contribution >= 4 is 5.78 Å². The molecule has 5 heteroatoms. The van der Waals surface area contributed by atoms with Gasteiger partial charge in [0.15, 0.2) is 6.29 Å². The van der Waals surface area contributed by atoms with Gasteiger partial charge in [0, 0.05) is 25.6 Å². The molecule has 0 spiro atoms. The maximum absolute atomic E-state index is 10.9. The van der Waals surface area contributed by atoms with Gasteiger partial charge in [-0.1, -0.05) is 0 Å². The Kier molecular flexibility index (Phi) is 8.86. The van der Waals surface area contributed by atoms with E-state index >= 15 is 0 Å². The molecule has 114 valence electrons. The van der Waals surface area contributed by atoms with Crippen LogP contribution in [0.15, 0.2) is 11.8 Å². The molecule has 0 radical (unpaired) electrons. The predicted octanol–water partition coefficient (Wildman–Crippen LogP) is 2.53. The molecule has 0 heterocycles. The van der Waals surface area contributed by atoms with Gasteiger partial charge in [-0.2, -0.15) is 5.26 Å². The van der Waals surface area contributed by atoms with Gasteiger partial charge in [0.05, 0.1) is 11.8 Å². The highest BCUT2D eigenvalue weighted by Crippen LogP contribution is 2.21. The molecule has 1 atom stereocenters. The molecule has 0 aromatic heterocycles. The van der Waals surface area contributed by atoms with Crippen LogP contribution >= 0.6 is 0 Å². The lowest BCUT2D eigenvalue weighted by Gasteiger charge is -2.31. The van der Waals surface area contributed by atoms with Crippen molar-refractivity contribution in [3.63, 3.8) is 0 Å². The van der Waals surface area contributed by atoms with Crippen LogP contribution in [0, 0.1) is 11.3 Å². The zero-order valence-corrected chi connectivity index (χ0v) is 13.2. The molecule has 0 aliphatic rings. The monoisotopic (exact) mass is 282 g/mol. The van der Waals surface area contributed by atoms with Gasteiger partial charge in [-0.25, -0.2) is 0 Å². The predicted molar refractivity (Wildman–Crippen MR) is 77.9 cm³/mol. The zero-order chi connectivity index (χ0) is 15.6. The molecule has 0 saturated heterocycles. The van der Waals surface area contributed by atoms with E-state index in [9.17, 15) is 4.79 Å². The number of hydrogen-bond donors (Lipinski definition) is 1. The van der Waals surface area contributed by atoms with Crippen molar-refractivity contribution in [3.8, 4) is 6.07 Å². The van der Waals surface area contributed by atoms with Gasteiger partial charge < -0.3 is 19.6 Å². The number of ether oxygens (including phenoxy) is 2. The Labute approximate surface area is 121 Å². The van der Waals surface area contributed by atoms with Crippen LogP contribution in [-0.2, 0) is 14.3 Å². The Morgan fingerprint density at radius 2 is 2.15 bits per heavy atom. The van der Waals surface area contributed by atoms with Crippen LogP contribution in [0.4, 0.5) is 0 Å². The van der Waals surface area contributed by atoms with E-state index in [1.165, 1.54) is 6.08 Å². The van der Waals surface area contributed by atoms with Gasteiger partial charge >= 0.3 is 0 Å². The Hall–Kier alpha value is -1.38. The van der Waals surface area contributed by atoms with E-state index in [1.54, 1.807) is 6.92 Å². The molecule has 0 bridgehead atoms. The quantitative estimate of drug-likeness (QED) is 0.379. The number of hydrogen-bond acceptors (Lipinski definition) is 5. The first-order valence-electron chi connectivity index (χ1n) is 6.96. The zero-order valence-electron chi connectivity index (χ0n) is 13.2. The van der Waals surface area contributed by atoms with Gasteiger partial charge in [0.25, 0.3) is 0 Å². The van der Waals surface area contributed by atoms with Gasteiger partial charge in [-0.05, 0) is 41.0 Å². The minimum atomic E-state index is -0.652. The van der Waals surface area contributed by atoms with Crippen LogP contribution in [0.1, 0.15) is 47.5 Å². The van der Waals surface area contributed by atoms with E-state index in [0.717, 1.165) is 6.42 Å². The molecular formula is C15H26N2O3. The fraction of sp³-hybridized carbons (Fsp3) is 0.733. The second-order valence-electron chi connectivity index (χ2n) is 5.07. The topological polar surface area (TPSA) is 71.3 Å². The average Bonchev–Trinajstić information content (AvgIpc) is 2.32. The molecule has 0 aromatic rings. The minimum absolute atomic E-state index is 0.165. The second-order valence-corrected chi connectivity index (χ2v) is 5.07. The smallest absolute Gasteiger partial charge is 0.156 e. The van der Waals surface area contributed by atoms with Crippen LogP contribution < -0.4 is 5.32 Å². The SMILES string of the molecule is CCOC(C)OC(C)(C)C(=CC#N)NCCCC(C)=O. The normalized spacial score (nSPS) is 13.7. The number of nitrogens with one attached hydrogen (secondary N) is 1. The van der Waals surface area contributed by atoms with Gasteiger partial charge in [0.2, 0.25) is 0 Å². The summed E-state index contributed by atoms with van der Waals surface area (Å²) in [5.41, 5.74) is 0.0377. The summed E-state index contributed by atoms with van der Waals surface area (Å²) in [5.74, 6) is 0.165. The van der Waals surface area contributed by atoms with Gasteiger partial charge in [0.1, 0.15) is 11.4 Å². The number of carbonyl (C=O) groups is 1. The third-order valence-electron chi connectivity index (χ3n) is 2.74. The number of carbonyl (C=O) groups excluding carboxylic acids is 1. The fourth-order valence-electron chi connectivity index (χ4n) is 1.81. The molecule has 0 amide bonds. The first kappa shape index (κ1) is 18.6. The summed E-state index contributed by atoms with van der Waals surface area (Å²) >= 11 is 0. The third-order valence-corrected chi connectivity index (χ3v) is 2.74. The van der Waals surface area contributed by atoms with Crippen molar-refractivity contribution in [1.29, 1.82) is 5.26 Å². The van der Waals surface area contributed by atoms with Crippen LogP contribution in [0.3, 0.4) is 0 Å². The van der Waals surface area contributed by atoms with E-state index in [4.69, 9.17) is 14.7 Å². The summed E-state index contributed by atoms with van der Waals surface area (Å²) in [6.07, 6.45) is 2.35. The first-order chi connectivity index (χ1) is 9.33. The molecule has 1 unspecified atom stereocenters. The molecule has 20 heavy (non-hydrogen) atoms. The van der Waals surface area contributed by atoms with E-state index in [0.29, 0.717) is 25.3 Å². The molecule has 0 fully saturated rings. The summed E-state index contributed by atoms with van der Waals surface area (Å²) in [6.45, 7) is 10.3. The van der Waals surface area contributed by atoms with Crippen molar-refractivity contribution in [2.75, 3.05) is 13.2 Å². The number of nitriles is 1. The van der Waals surface area contributed by atoms with Crippen LogP contribution in [-0.4, -0.2) is 30.8 Å². The molecule has 0 aromatic carbocycles. The largest absolute Gasteiger partial charge is 0.385 e. The third kappa shape index (κ3) is 7.93. The summed E-state index contributed by atoms with van der Waals surface area (Å²) in [4.78, 5) is 10.9. The average molecular weight is 282 g/mol. The lowest BCUT2D eigenvalue weighted by Crippen LogP contribution is -2.39.